The normalized spacial score (nSPS) is 18.4. The lowest BCUT2D eigenvalue weighted by Crippen LogP contribution is -2.33. The molecule has 1 fully saturated rings. The first-order chi connectivity index (χ1) is 9.24. The molecule has 1 N–H and O–H groups in total. The molecular formula is C14H19NO4. The van der Waals surface area contributed by atoms with Gasteiger partial charge in [0.05, 0.1) is 7.11 Å². The number of aliphatic hydroxyl groups is 1. The van der Waals surface area contributed by atoms with Crippen molar-refractivity contribution < 1.29 is 19.4 Å². The quantitative estimate of drug-likeness (QED) is 0.860. The van der Waals surface area contributed by atoms with Crippen molar-refractivity contribution in [3.05, 3.63) is 24.3 Å². The lowest BCUT2D eigenvalue weighted by Gasteiger charge is -2.17. The van der Waals surface area contributed by atoms with Crippen molar-refractivity contribution >= 4 is 5.91 Å². The molecule has 0 radical (unpaired) electrons. The zero-order chi connectivity index (χ0) is 13.7. The number of amides is 1. The van der Waals surface area contributed by atoms with Crippen molar-refractivity contribution in [3.63, 3.8) is 0 Å². The SMILES string of the molecule is COc1ccccc1OCC(=O)N1CCC(CO)C1. The van der Waals surface area contributed by atoms with Crippen LogP contribution in [0.4, 0.5) is 0 Å². The molecule has 1 amide bonds. The summed E-state index contributed by atoms with van der Waals surface area (Å²) < 4.78 is 10.6. The van der Waals surface area contributed by atoms with Gasteiger partial charge in [0, 0.05) is 25.6 Å². The highest BCUT2D eigenvalue weighted by Gasteiger charge is 2.25. The number of ether oxygens (including phenoxy) is 2. The van der Waals surface area contributed by atoms with E-state index in [0.29, 0.717) is 24.6 Å². The summed E-state index contributed by atoms with van der Waals surface area (Å²) in [4.78, 5) is 13.7. The molecular weight excluding hydrogens is 246 g/mol. The summed E-state index contributed by atoms with van der Waals surface area (Å²) in [6.45, 7) is 1.44. The Morgan fingerprint density at radius 2 is 2.16 bits per heavy atom. The van der Waals surface area contributed by atoms with Crippen molar-refractivity contribution in [3.8, 4) is 11.5 Å². The fourth-order valence-electron chi connectivity index (χ4n) is 2.18. The molecule has 1 aliphatic heterocycles. The molecule has 1 aromatic rings. The van der Waals surface area contributed by atoms with Gasteiger partial charge in [-0.1, -0.05) is 12.1 Å². The predicted molar refractivity (Wildman–Crippen MR) is 70.3 cm³/mol. The highest BCUT2D eigenvalue weighted by Crippen LogP contribution is 2.26. The summed E-state index contributed by atoms with van der Waals surface area (Å²) in [5, 5.41) is 9.06. The number of methoxy groups -OCH3 is 1. The molecule has 0 aliphatic carbocycles. The van der Waals surface area contributed by atoms with Gasteiger partial charge >= 0.3 is 0 Å². The van der Waals surface area contributed by atoms with E-state index in [1.54, 1.807) is 24.1 Å². The van der Waals surface area contributed by atoms with Gasteiger partial charge in [-0.15, -0.1) is 0 Å². The second kappa shape index (κ2) is 6.43. The van der Waals surface area contributed by atoms with Crippen LogP contribution in [0.2, 0.25) is 0 Å². The largest absolute Gasteiger partial charge is 0.493 e. The van der Waals surface area contributed by atoms with E-state index in [2.05, 4.69) is 0 Å². The van der Waals surface area contributed by atoms with Gasteiger partial charge in [-0.25, -0.2) is 0 Å². The van der Waals surface area contributed by atoms with Crippen molar-refractivity contribution in [2.45, 2.75) is 6.42 Å². The summed E-state index contributed by atoms with van der Waals surface area (Å²) in [7, 11) is 1.57. The molecule has 1 heterocycles. The molecule has 1 aliphatic rings. The minimum absolute atomic E-state index is 0.00147. The Labute approximate surface area is 112 Å². The van der Waals surface area contributed by atoms with Crippen molar-refractivity contribution in [1.29, 1.82) is 0 Å². The fraction of sp³-hybridized carbons (Fsp3) is 0.500. The number of carbonyl (C=O) groups is 1. The molecule has 0 spiro atoms. The minimum Gasteiger partial charge on any atom is -0.493 e. The Bertz CT molecular complexity index is 435. The zero-order valence-corrected chi connectivity index (χ0v) is 11.0. The third-order valence-electron chi connectivity index (χ3n) is 3.32. The Hall–Kier alpha value is -1.75. The van der Waals surface area contributed by atoms with Crippen LogP contribution in [-0.2, 0) is 4.79 Å². The third-order valence-corrected chi connectivity index (χ3v) is 3.32. The third kappa shape index (κ3) is 3.38. The number of aliphatic hydroxyl groups excluding tert-OH is 1. The van der Waals surface area contributed by atoms with E-state index < -0.39 is 0 Å². The Kier molecular flexibility index (Phi) is 4.63. The van der Waals surface area contributed by atoms with E-state index >= 15 is 0 Å². The number of hydrogen-bond acceptors (Lipinski definition) is 4. The number of likely N-dealkylation sites (tertiary alicyclic amines) is 1. The van der Waals surface area contributed by atoms with E-state index in [1.807, 2.05) is 12.1 Å². The molecule has 0 aromatic heterocycles. The Morgan fingerprint density at radius 1 is 1.42 bits per heavy atom. The van der Waals surface area contributed by atoms with E-state index in [4.69, 9.17) is 14.6 Å². The average Bonchev–Trinajstić information content (AvgIpc) is 2.94. The van der Waals surface area contributed by atoms with E-state index in [9.17, 15) is 4.79 Å². The second-order valence-electron chi connectivity index (χ2n) is 4.62. The van der Waals surface area contributed by atoms with Gasteiger partial charge in [-0.05, 0) is 18.6 Å². The van der Waals surface area contributed by atoms with Crippen LogP contribution in [-0.4, -0.2) is 49.3 Å². The van der Waals surface area contributed by atoms with E-state index in [0.717, 1.165) is 6.42 Å². The fourth-order valence-corrected chi connectivity index (χ4v) is 2.18. The van der Waals surface area contributed by atoms with Crippen molar-refractivity contribution in [2.75, 3.05) is 33.4 Å². The van der Waals surface area contributed by atoms with Gasteiger partial charge in [0.1, 0.15) is 0 Å². The molecule has 2 rings (SSSR count). The van der Waals surface area contributed by atoms with Crippen LogP contribution in [0.25, 0.3) is 0 Å². The maximum absolute atomic E-state index is 12.0. The van der Waals surface area contributed by atoms with Gasteiger partial charge in [0.25, 0.3) is 5.91 Å². The van der Waals surface area contributed by atoms with Crippen molar-refractivity contribution in [2.24, 2.45) is 5.92 Å². The first kappa shape index (κ1) is 13.7. The van der Waals surface area contributed by atoms with Crippen LogP contribution in [0.15, 0.2) is 24.3 Å². The van der Waals surface area contributed by atoms with E-state index in [-0.39, 0.29) is 25.0 Å². The highest BCUT2D eigenvalue weighted by molar-refractivity contribution is 5.78. The predicted octanol–water partition coefficient (Wildman–Crippen LogP) is 0.915. The van der Waals surface area contributed by atoms with Gasteiger partial charge < -0.3 is 19.5 Å². The lowest BCUT2D eigenvalue weighted by atomic mass is 10.1. The van der Waals surface area contributed by atoms with Crippen molar-refractivity contribution in [1.82, 2.24) is 4.90 Å². The van der Waals surface area contributed by atoms with Gasteiger partial charge in [0.2, 0.25) is 0 Å². The standard InChI is InChI=1S/C14H19NO4/c1-18-12-4-2-3-5-13(12)19-10-14(17)15-7-6-11(8-15)9-16/h2-5,11,16H,6-10H2,1H3. The molecule has 1 unspecified atom stereocenters. The maximum Gasteiger partial charge on any atom is 0.260 e. The van der Waals surface area contributed by atoms with Gasteiger partial charge in [0.15, 0.2) is 18.1 Å². The molecule has 0 bridgehead atoms. The monoisotopic (exact) mass is 265 g/mol. The van der Waals surface area contributed by atoms with E-state index in [1.165, 1.54) is 0 Å². The second-order valence-corrected chi connectivity index (χ2v) is 4.62. The first-order valence-electron chi connectivity index (χ1n) is 6.39. The number of nitrogens with zero attached hydrogens (tertiary/aromatic N) is 1. The maximum atomic E-state index is 12.0. The lowest BCUT2D eigenvalue weighted by molar-refractivity contribution is -0.132. The zero-order valence-electron chi connectivity index (χ0n) is 11.0. The van der Waals surface area contributed by atoms with Crippen LogP contribution in [0.3, 0.4) is 0 Å². The summed E-state index contributed by atoms with van der Waals surface area (Å²) in [5.41, 5.74) is 0. The Morgan fingerprint density at radius 3 is 2.79 bits per heavy atom. The number of rotatable bonds is 5. The highest BCUT2D eigenvalue weighted by atomic mass is 16.5. The molecule has 1 aromatic carbocycles. The van der Waals surface area contributed by atoms with Crippen LogP contribution in [0.1, 0.15) is 6.42 Å². The molecule has 104 valence electrons. The Balaban J connectivity index is 1.87. The smallest absolute Gasteiger partial charge is 0.260 e. The average molecular weight is 265 g/mol. The van der Waals surface area contributed by atoms with Crippen LogP contribution in [0, 0.1) is 5.92 Å². The molecule has 1 saturated heterocycles. The first-order valence-corrected chi connectivity index (χ1v) is 6.39. The molecule has 5 heteroatoms. The molecule has 5 nitrogen and oxygen atoms in total. The number of benzene rings is 1. The van der Waals surface area contributed by atoms with Crippen LogP contribution >= 0.6 is 0 Å². The summed E-state index contributed by atoms with van der Waals surface area (Å²) in [5.74, 6) is 1.33. The molecule has 1 atom stereocenters. The summed E-state index contributed by atoms with van der Waals surface area (Å²) in [6.07, 6.45) is 0.858. The number of para-hydroxylation sites is 2. The minimum atomic E-state index is -0.0538. The molecule has 19 heavy (non-hydrogen) atoms. The van der Waals surface area contributed by atoms with Crippen LogP contribution in [0.5, 0.6) is 11.5 Å². The topological polar surface area (TPSA) is 59.0 Å². The van der Waals surface area contributed by atoms with Gasteiger partial charge in [-0.3, -0.25) is 4.79 Å². The summed E-state index contributed by atoms with van der Waals surface area (Å²) >= 11 is 0. The molecule has 0 saturated carbocycles. The van der Waals surface area contributed by atoms with Gasteiger partial charge in [-0.2, -0.15) is 0 Å². The summed E-state index contributed by atoms with van der Waals surface area (Å²) in [6, 6.07) is 7.24. The number of carbonyl (C=O) groups excluding carboxylic acids is 1. The van der Waals surface area contributed by atoms with Crippen LogP contribution < -0.4 is 9.47 Å². The number of hydrogen-bond donors (Lipinski definition) is 1.